The molecule has 0 spiro atoms. The summed E-state index contributed by atoms with van der Waals surface area (Å²) in [6, 6.07) is 11.9. The number of carbonyl (C=O) groups is 1. The van der Waals surface area contributed by atoms with Gasteiger partial charge in [0.2, 0.25) is 0 Å². The van der Waals surface area contributed by atoms with E-state index in [2.05, 4.69) is 4.98 Å². The molecule has 0 unspecified atom stereocenters. The molecule has 0 amide bonds. The molecule has 152 valence electrons. The lowest BCUT2D eigenvalue weighted by Gasteiger charge is -2.07. The summed E-state index contributed by atoms with van der Waals surface area (Å²) < 4.78 is 43.8. The number of carboxylic acid groups (broad SMARTS) is 1. The standard InChI is InChI=1S/C21H18F3NO3S/c1-13-20(15-5-7-16(8-6-15)21(22,23)24)25-18(29-13)9-10-28-17-4-2-3-14(11-17)12-19(26)27/h2-8,11H,9-10,12H2,1H3,(H,26,27). The Kier molecular flexibility index (Phi) is 6.22. The van der Waals surface area contributed by atoms with Gasteiger partial charge in [-0.2, -0.15) is 13.2 Å². The number of alkyl halides is 3. The third-order valence-electron chi connectivity index (χ3n) is 4.17. The molecule has 0 aliphatic heterocycles. The topological polar surface area (TPSA) is 59.4 Å². The fourth-order valence-corrected chi connectivity index (χ4v) is 3.76. The van der Waals surface area contributed by atoms with Crippen molar-refractivity contribution in [3.63, 3.8) is 0 Å². The minimum Gasteiger partial charge on any atom is -0.493 e. The fourth-order valence-electron chi connectivity index (χ4n) is 2.82. The molecule has 0 aliphatic rings. The van der Waals surface area contributed by atoms with Crippen molar-refractivity contribution in [1.82, 2.24) is 4.98 Å². The third-order valence-corrected chi connectivity index (χ3v) is 5.20. The average Bonchev–Trinajstić information content (AvgIpc) is 3.01. The van der Waals surface area contributed by atoms with Gasteiger partial charge in [-0.1, -0.05) is 24.3 Å². The quantitative estimate of drug-likeness (QED) is 0.556. The Morgan fingerprint density at radius 3 is 2.55 bits per heavy atom. The lowest BCUT2D eigenvalue weighted by atomic mass is 10.1. The molecule has 1 heterocycles. The highest BCUT2D eigenvalue weighted by atomic mass is 32.1. The van der Waals surface area contributed by atoms with Crippen molar-refractivity contribution in [3.8, 4) is 17.0 Å². The van der Waals surface area contributed by atoms with Gasteiger partial charge in [-0.3, -0.25) is 4.79 Å². The van der Waals surface area contributed by atoms with Crippen molar-refractivity contribution in [2.24, 2.45) is 0 Å². The minimum atomic E-state index is -4.36. The van der Waals surface area contributed by atoms with Crippen LogP contribution in [0.3, 0.4) is 0 Å². The average molecular weight is 421 g/mol. The van der Waals surface area contributed by atoms with Crippen LogP contribution in [-0.4, -0.2) is 22.7 Å². The molecule has 1 aromatic heterocycles. The molecule has 0 bridgehead atoms. The number of nitrogens with zero attached hydrogens (tertiary/aromatic N) is 1. The molecule has 0 fully saturated rings. The predicted molar refractivity (Wildman–Crippen MR) is 104 cm³/mol. The van der Waals surface area contributed by atoms with Crippen LogP contribution in [-0.2, 0) is 23.8 Å². The first-order valence-corrected chi connectivity index (χ1v) is 9.61. The molecule has 8 heteroatoms. The summed E-state index contributed by atoms with van der Waals surface area (Å²) in [6.07, 6.45) is -3.89. The summed E-state index contributed by atoms with van der Waals surface area (Å²) in [5.74, 6) is -0.323. The first-order valence-electron chi connectivity index (χ1n) is 8.80. The van der Waals surface area contributed by atoms with Crippen LogP contribution in [0.4, 0.5) is 13.2 Å². The van der Waals surface area contributed by atoms with E-state index in [4.69, 9.17) is 9.84 Å². The molecule has 0 radical (unpaired) electrons. The number of hydrogen-bond acceptors (Lipinski definition) is 4. The summed E-state index contributed by atoms with van der Waals surface area (Å²) in [5.41, 5.74) is 1.28. The van der Waals surface area contributed by atoms with Gasteiger partial charge >= 0.3 is 12.1 Å². The highest BCUT2D eigenvalue weighted by molar-refractivity contribution is 7.12. The highest BCUT2D eigenvalue weighted by Gasteiger charge is 2.30. The molecule has 3 rings (SSSR count). The molecule has 0 aliphatic carbocycles. The van der Waals surface area contributed by atoms with Crippen molar-refractivity contribution in [2.75, 3.05) is 6.61 Å². The van der Waals surface area contributed by atoms with Gasteiger partial charge in [0.05, 0.1) is 29.3 Å². The summed E-state index contributed by atoms with van der Waals surface area (Å²) in [5, 5.41) is 9.67. The number of halogens is 3. The summed E-state index contributed by atoms with van der Waals surface area (Å²) in [7, 11) is 0. The Morgan fingerprint density at radius 2 is 1.90 bits per heavy atom. The number of aromatic nitrogens is 1. The van der Waals surface area contributed by atoms with E-state index in [1.807, 2.05) is 6.92 Å². The molecular weight excluding hydrogens is 403 g/mol. The zero-order valence-electron chi connectivity index (χ0n) is 15.5. The van der Waals surface area contributed by atoms with Gasteiger partial charge in [0, 0.05) is 16.9 Å². The second kappa shape index (κ2) is 8.65. The summed E-state index contributed by atoms with van der Waals surface area (Å²) in [4.78, 5) is 16.3. The normalized spacial score (nSPS) is 11.4. The first kappa shape index (κ1) is 20.9. The number of benzene rings is 2. The summed E-state index contributed by atoms with van der Waals surface area (Å²) >= 11 is 1.47. The molecular formula is C21H18F3NO3S. The Balaban J connectivity index is 1.63. The Labute approximate surface area is 169 Å². The van der Waals surface area contributed by atoms with Gasteiger partial charge in [-0.15, -0.1) is 11.3 Å². The van der Waals surface area contributed by atoms with Gasteiger partial charge in [-0.25, -0.2) is 4.98 Å². The third kappa shape index (κ3) is 5.57. The van der Waals surface area contributed by atoms with Gasteiger partial charge in [0.1, 0.15) is 5.75 Å². The second-order valence-corrected chi connectivity index (χ2v) is 7.69. The number of ether oxygens (including phenoxy) is 1. The minimum absolute atomic E-state index is 0.0701. The molecule has 29 heavy (non-hydrogen) atoms. The van der Waals surface area contributed by atoms with E-state index in [1.165, 1.54) is 23.5 Å². The van der Waals surface area contributed by atoms with Crippen LogP contribution in [0.5, 0.6) is 5.75 Å². The van der Waals surface area contributed by atoms with Crippen molar-refractivity contribution in [3.05, 3.63) is 69.5 Å². The van der Waals surface area contributed by atoms with Crippen LogP contribution >= 0.6 is 11.3 Å². The maximum atomic E-state index is 12.7. The van der Waals surface area contributed by atoms with Gasteiger partial charge in [0.25, 0.3) is 0 Å². The maximum absolute atomic E-state index is 12.7. The van der Waals surface area contributed by atoms with Gasteiger partial charge in [0.15, 0.2) is 0 Å². The van der Waals surface area contributed by atoms with Crippen LogP contribution in [0.25, 0.3) is 11.3 Å². The highest BCUT2D eigenvalue weighted by Crippen LogP contribution is 2.33. The van der Waals surface area contributed by atoms with Crippen LogP contribution in [0, 0.1) is 6.92 Å². The zero-order valence-corrected chi connectivity index (χ0v) is 16.3. The van der Waals surface area contributed by atoms with Crippen molar-refractivity contribution in [2.45, 2.75) is 25.9 Å². The van der Waals surface area contributed by atoms with E-state index in [1.54, 1.807) is 24.3 Å². The van der Waals surface area contributed by atoms with E-state index in [0.29, 0.717) is 35.6 Å². The van der Waals surface area contributed by atoms with Gasteiger partial charge < -0.3 is 9.84 Å². The Morgan fingerprint density at radius 1 is 1.17 bits per heavy atom. The van der Waals surface area contributed by atoms with Crippen LogP contribution in [0.1, 0.15) is 21.0 Å². The predicted octanol–water partition coefficient (Wildman–Crippen LogP) is 5.39. The number of aryl methyl sites for hydroxylation is 1. The van der Waals surface area contributed by atoms with E-state index < -0.39 is 17.7 Å². The van der Waals surface area contributed by atoms with Crippen LogP contribution in [0.15, 0.2) is 48.5 Å². The van der Waals surface area contributed by atoms with E-state index in [0.717, 1.165) is 22.0 Å². The fraction of sp³-hybridized carbons (Fsp3) is 0.238. The van der Waals surface area contributed by atoms with Gasteiger partial charge in [-0.05, 0) is 36.8 Å². The summed E-state index contributed by atoms with van der Waals surface area (Å²) in [6.45, 7) is 2.24. The zero-order chi connectivity index (χ0) is 21.0. The van der Waals surface area contributed by atoms with E-state index >= 15 is 0 Å². The van der Waals surface area contributed by atoms with Crippen molar-refractivity contribution < 1.29 is 27.8 Å². The number of rotatable bonds is 7. The molecule has 0 saturated heterocycles. The number of aliphatic carboxylic acids is 1. The monoisotopic (exact) mass is 421 g/mol. The number of hydrogen-bond donors (Lipinski definition) is 1. The van der Waals surface area contributed by atoms with Crippen molar-refractivity contribution in [1.29, 1.82) is 0 Å². The van der Waals surface area contributed by atoms with Crippen LogP contribution in [0.2, 0.25) is 0 Å². The SMILES string of the molecule is Cc1sc(CCOc2cccc(CC(=O)O)c2)nc1-c1ccc(C(F)(F)F)cc1. The van der Waals surface area contributed by atoms with Crippen molar-refractivity contribution >= 4 is 17.3 Å². The lowest BCUT2D eigenvalue weighted by molar-refractivity contribution is -0.138. The van der Waals surface area contributed by atoms with E-state index in [-0.39, 0.29) is 6.42 Å². The first-order chi connectivity index (χ1) is 13.7. The largest absolute Gasteiger partial charge is 0.493 e. The maximum Gasteiger partial charge on any atom is 0.416 e. The molecule has 4 nitrogen and oxygen atoms in total. The molecule has 1 N–H and O–H groups in total. The van der Waals surface area contributed by atoms with E-state index in [9.17, 15) is 18.0 Å². The molecule has 0 saturated carbocycles. The van der Waals surface area contributed by atoms with Crippen LogP contribution < -0.4 is 4.74 Å². The Bertz CT molecular complexity index is 997. The number of carboxylic acids is 1. The Hall–Kier alpha value is -2.87. The molecule has 0 atom stereocenters. The smallest absolute Gasteiger partial charge is 0.416 e. The lowest BCUT2D eigenvalue weighted by Crippen LogP contribution is -2.04. The molecule has 3 aromatic rings. The molecule has 2 aromatic carbocycles. The number of thiazole rings is 1. The second-order valence-electron chi connectivity index (χ2n) is 6.40.